The van der Waals surface area contributed by atoms with E-state index in [4.69, 9.17) is 0 Å². The molecule has 4 aromatic rings. The zero-order valence-corrected chi connectivity index (χ0v) is 22.3. The summed E-state index contributed by atoms with van der Waals surface area (Å²) in [6, 6.07) is 29.6. The summed E-state index contributed by atoms with van der Waals surface area (Å²) < 4.78 is 48.5. The van der Waals surface area contributed by atoms with Gasteiger partial charge >= 0.3 is 12.5 Å². The molecule has 0 bridgehead atoms. The fourth-order valence-electron chi connectivity index (χ4n) is 3.37. The molecule has 0 aliphatic heterocycles. The fourth-order valence-corrected chi connectivity index (χ4v) is 3.37. The Morgan fingerprint density at radius 2 is 0.872 bits per heavy atom. The Labute approximate surface area is 230 Å². The maximum Gasteiger partial charge on any atom is 0.387 e. The predicted octanol–water partition coefficient (Wildman–Crippen LogP) is 9.47. The SMILES string of the molecule is CC(=O)c1ccc(-c2ccc(C)cc2)cc1.CC(=O)c1ccc(-c2ccc(OC(F)F)cc2)cc1.FC(F)Cl. The van der Waals surface area contributed by atoms with Crippen molar-refractivity contribution in [3.8, 4) is 28.0 Å². The minimum absolute atomic E-state index is 0.00670. The minimum atomic E-state index is -2.82. The third-order valence-electron chi connectivity index (χ3n) is 5.38. The average molecular weight is 559 g/mol. The van der Waals surface area contributed by atoms with Gasteiger partial charge in [0.05, 0.1) is 0 Å². The highest BCUT2D eigenvalue weighted by Gasteiger charge is 2.05. The number of hydrogen-bond donors (Lipinski definition) is 0. The number of Topliss-reactive ketones (excluding diaryl/α,β-unsaturated/α-hetero) is 2. The number of aryl methyl sites for hydroxylation is 1. The molecule has 0 aliphatic carbocycles. The van der Waals surface area contributed by atoms with E-state index in [0.717, 1.165) is 22.3 Å². The number of alkyl halides is 5. The standard InChI is InChI=1S/C15H12F2O2.C15H14O.CHClF2/c1-10(18)11-2-4-12(5-3-11)13-6-8-14(9-7-13)19-15(16)17;1-11-3-5-14(6-4-11)15-9-7-13(8-10-15)12(2)16;2-1(3)4/h2-9,15H,1H3;3-10H,1-2H3;1H. The quantitative estimate of drug-likeness (QED) is 0.134. The van der Waals surface area contributed by atoms with Crippen LogP contribution < -0.4 is 4.74 Å². The highest BCUT2D eigenvalue weighted by atomic mass is 35.5. The van der Waals surface area contributed by atoms with E-state index in [1.54, 1.807) is 31.2 Å². The lowest BCUT2D eigenvalue weighted by Gasteiger charge is -2.06. The Bertz CT molecular complexity index is 1320. The molecule has 0 unspecified atom stereocenters. The molecule has 3 nitrogen and oxygen atoms in total. The van der Waals surface area contributed by atoms with Gasteiger partial charge in [0.2, 0.25) is 0 Å². The molecule has 0 amide bonds. The van der Waals surface area contributed by atoms with Crippen LogP contribution in [-0.4, -0.2) is 24.1 Å². The maximum absolute atomic E-state index is 12.0. The lowest BCUT2D eigenvalue weighted by molar-refractivity contribution is -0.0498. The van der Waals surface area contributed by atoms with Gasteiger partial charge in [0.25, 0.3) is 0 Å². The van der Waals surface area contributed by atoms with E-state index < -0.39 is 12.5 Å². The summed E-state index contributed by atoms with van der Waals surface area (Å²) in [5.41, 5.74) is 6.76. The van der Waals surface area contributed by atoms with Crippen LogP contribution >= 0.6 is 11.6 Å². The van der Waals surface area contributed by atoms with E-state index in [0.29, 0.717) is 5.56 Å². The van der Waals surface area contributed by atoms with Gasteiger partial charge in [-0.2, -0.15) is 17.6 Å². The number of ether oxygens (including phenoxy) is 1. The molecule has 4 aromatic carbocycles. The number of carbonyl (C=O) groups excluding carboxylic acids is 2. The Morgan fingerprint density at radius 3 is 1.15 bits per heavy atom. The van der Waals surface area contributed by atoms with Gasteiger partial charge in [-0.25, -0.2) is 0 Å². The molecule has 0 atom stereocenters. The predicted molar refractivity (Wildman–Crippen MR) is 147 cm³/mol. The third-order valence-corrected chi connectivity index (χ3v) is 5.38. The van der Waals surface area contributed by atoms with Crippen molar-refractivity contribution >= 4 is 23.2 Å². The van der Waals surface area contributed by atoms with Gasteiger partial charge in [-0.1, -0.05) is 102 Å². The van der Waals surface area contributed by atoms with Gasteiger partial charge in [0.15, 0.2) is 11.6 Å². The average Bonchev–Trinajstić information content (AvgIpc) is 2.89. The molecule has 0 radical (unpaired) electrons. The van der Waals surface area contributed by atoms with Crippen LogP contribution in [-0.2, 0) is 0 Å². The number of ketones is 2. The van der Waals surface area contributed by atoms with Crippen LogP contribution in [0.4, 0.5) is 17.6 Å². The first-order valence-corrected chi connectivity index (χ1v) is 12.2. The Kier molecular flexibility index (Phi) is 12.4. The first kappa shape index (κ1) is 31.2. The van der Waals surface area contributed by atoms with E-state index >= 15 is 0 Å². The largest absolute Gasteiger partial charge is 0.435 e. The molecule has 0 N–H and O–H groups in total. The molecular formula is C31H27ClF4O3. The second-order valence-corrected chi connectivity index (χ2v) is 8.61. The summed E-state index contributed by atoms with van der Waals surface area (Å²) in [5.74, 6) is -2.46. The van der Waals surface area contributed by atoms with Crippen LogP contribution in [0.25, 0.3) is 22.3 Å². The molecule has 8 heteroatoms. The Hall–Kier alpha value is -3.97. The monoisotopic (exact) mass is 558 g/mol. The molecule has 0 aliphatic rings. The van der Waals surface area contributed by atoms with E-state index in [1.165, 1.54) is 30.2 Å². The van der Waals surface area contributed by atoms with E-state index in [1.807, 2.05) is 36.4 Å². The minimum Gasteiger partial charge on any atom is -0.435 e. The van der Waals surface area contributed by atoms with Crippen LogP contribution in [0.3, 0.4) is 0 Å². The molecule has 0 heterocycles. The van der Waals surface area contributed by atoms with Crippen LogP contribution in [0, 0.1) is 6.92 Å². The first-order chi connectivity index (χ1) is 18.5. The van der Waals surface area contributed by atoms with Crippen molar-refractivity contribution < 1.29 is 31.9 Å². The molecule has 4 rings (SSSR count). The zero-order valence-electron chi connectivity index (χ0n) is 21.5. The second-order valence-electron chi connectivity index (χ2n) is 8.28. The van der Waals surface area contributed by atoms with Crippen molar-refractivity contribution in [3.05, 3.63) is 114 Å². The molecular weight excluding hydrogens is 532 g/mol. The van der Waals surface area contributed by atoms with E-state index in [2.05, 4.69) is 47.5 Å². The van der Waals surface area contributed by atoms with E-state index in [-0.39, 0.29) is 17.3 Å². The summed E-state index contributed by atoms with van der Waals surface area (Å²) in [5, 5.41) is 0. The highest BCUT2D eigenvalue weighted by Crippen LogP contribution is 2.24. The fraction of sp³-hybridized carbons (Fsp3) is 0.161. The van der Waals surface area contributed by atoms with E-state index in [9.17, 15) is 27.2 Å². The molecule has 0 aromatic heterocycles. The van der Waals surface area contributed by atoms with Gasteiger partial charge < -0.3 is 4.74 Å². The van der Waals surface area contributed by atoms with Gasteiger partial charge in [-0.05, 0) is 55.2 Å². The Morgan fingerprint density at radius 1 is 0.590 bits per heavy atom. The molecule has 204 valence electrons. The molecule has 0 spiro atoms. The van der Waals surface area contributed by atoms with Gasteiger partial charge in [0.1, 0.15) is 5.75 Å². The van der Waals surface area contributed by atoms with Crippen molar-refractivity contribution in [2.75, 3.05) is 0 Å². The van der Waals surface area contributed by atoms with Crippen molar-refractivity contribution in [2.45, 2.75) is 33.3 Å². The lowest BCUT2D eigenvalue weighted by atomic mass is 10.0. The third kappa shape index (κ3) is 11.1. The maximum atomic E-state index is 12.0. The normalized spacial score (nSPS) is 10.2. The van der Waals surface area contributed by atoms with Crippen molar-refractivity contribution in [1.29, 1.82) is 0 Å². The van der Waals surface area contributed by atoms with Crippen LogP contribution in [0.5, 0.6) is 5.75 Å². The first-order valence-electron chi connectivity index (χ1n) is 11.7. The zero-order chi connectivity index (χ0) is 28.9. The molecule has 0 saturated heterocycles. The summed E-state index contributed by atoms with van der Waals surface area (Å²) in [7, 11) is 0. The summed E-state index contributed by atoms with van der Waals surface area (Å²) in [6.45, 7) is 2.34. The van der Waals surface area contributed by atoms with Crippen molar-refractivity contribution in [2.24, 2.45) is 0 Å². The highest BCUT2D eigenvalue weighted by molar-refractivity contribution is 6.18. The smallest absolute Gasteiger partial charge is 0.387 e. The van der Waals surface area contributed by atoms with Gasteiger partial charge in [-0.3, -0.25) is 9.59 Å². The number of benzene rings is 4. The molecule has 0 fully saturated rings. The van der Waals surface area contributed by atoms with Crippen LogP contribution in [0.15, 0.2) is 97.1 Å². The number of halogens is 5. The van der Waals surface area contributed by atoms with Gasteiger partial charge in [0, 0.05) is 11.1 Å². The summed E-state index contributed by atoms with van der Waals surface area (Å²) in [6.07, 6.45) is 0. The lowest BCUT2D eigenvalue weighted by Crippen LogP contribution is -2.01. The number of carbonyl (C=O) groups is 2. The second kappa shape index (κ2) is 15.4. The Balaban J connectivity index is 0.000000243. The number of rotatable bonds is 6. The van der Waals surface area contributed by atoms with Gasteiger partial charge in [-0.15, -0.1) is 0 Å². The molecule has 0 saturated carbocycles. The van der Waals surface area contributed by atoms with Crippen LogP contribution in [0.2, 0.25) is 0 Å². The molecule has 39 heavy (non-hydrogen) atoms. The van der Waals surface area contributed by atoms with Crippen molar-refractivity contribution in [1.82, 2.24) is 0 Å². The van der Waals surface area contributed by atoms with Crippen molar-refractivity contribution in [3.63, 3.8) is 0 Å². The summed E-state index contributed by atoms with van der Waals surface area (Å²) >= 11 is 3.94. The van der Waals surface area contributed by atoms with Crippen LogP contribution in [0.1, 0.15) is 40.1 Å². The topological polar surface area (TPSA) is 43.4 Å². The number of hydrogen-bond acceptors (Lipinski definition) is 3. The summed E-state index contributed by atoms with van der Waals surface area (Å²) in [4.78, 5) is 22.3.